The van der Waals surface area contributed by atoms with Crippen LogP contribution >= 0.6 is 11.6 Å². The first-order valence-electron chi connectivity index (χ1n) is 8.54. The molecule has 0 spiro atoms. The number of carboxylic acids is 1. The molecule has 3 heterocycles. The molecule has 2 aromatic heterocycles. The van der Waals surface area contributed by atoms with E-state index < -0.39 is 5.97 Å². The lowest BCUT2D eigenvalue weighted by Gasteiger charge is -2.32. The van der Waals surface area contributed by atoms with Gasteiger partial charge in [-0.25, -0.2) is 9.78 Å². The molecule has 2 aromatic rings. The number of rotatable bonds is 6. The van der Waals surface area contributed by atoms with Crippen LogP contribution in [0.1, 0.15) is 24.0 Å². The van der Waals surface area contributed by atoms with Crippen LogP contribution in [0.15, 0.2) is 42.9 Å². The molecule has 1 saturated heterocycles. The number of nitrogens with one attached hydrogen (secondary N) is 1. The predicted molar refractivity (Wildman–Crippen MR) is 102 cm³/mol. The first-order valence-corrected chi connectivity index (χ1v) is 8.92. The van der Waals surface area contributed by atoms with Gasteiger partial charge in [0.2, 0.25) is 0 Å². The first-order chi connectivity index (χ1) is 12.6. The number of hydrogen-bond donors (Lipinski definition) is 2. The average Bonchev–Trinajstić information content (AvgIpc) is 2.64. The number of aromatic nitrogens is 2. The summed E-state index contributed by atoms with van der Waals surface area (Å²) in [6.45, 7) is 2.97. The molecule has 2 N–H and O–H groups in total. The van der Waals surface area contributed by atoms with Crippen molar-refractivity contribution >= 4 is 29.5 Å². The maximum atomic E-state index is 10.6. The van der Waals surface area contributed by atoms with Gasteiger partial charge in [0.15, 0.2) is 0 Å². The molecule has 1 fully saturated rings. The van der Waals surface area contributed by atoms with Crippen LogP contribution in [0.3, 0.4) is 0 Å². The van der Waals surface area contributed by atoms with Gasteiger partial charge in [-0.15, -0.1) is 0 Å². The Morgan fingerprint density at radius 3 is 2.73 bits per heavy atom. The van der Waals surface area contributed by atoms with Gasteiger partial charge in [0, 0.05) is 50.3 Å². The molecule has 6 nitrogen and oxygen atoms in total. The van der Waals surface area contributed by atoms with Crippen molar-refractivity contribution in [2.45, 2.75) is 25.4 Å². The highest BCUT2D eigenvalue weighted by Crippen LogP contribution is 2.24. The van der Waals surface area contributed by atoms with Crippen molar-refractivity contribution < 1.29 is 9.90 Å². The standard InChI is InChI=1S/C19H21ClN4O2/c20-17-11-15(1-2-18(25)26)12-22-19(17)23-16-5-9-24(10-6-16)13-14-3-7-21-8-4-14/h1-4,7-8,11-12,16H,5-6,9-10,13H2,(H,22,23)(H,25,26). The number of likely N-dealkylation sites (tertiary alicyclic amines) is 1. The highest BCUT2D eigenvalue weighted by atomic mass is 35.5. The minimum absolute atomic E-state index is 0.328. The van der Waals surface area contributed by atoms with Crippen molar-refractivity contribution in [2.24, 2.45) is 0 Å². The Morgan fingerprint density at radius 1 is 1.35 bits per heavy atom. The summed E-state index contributed by atoms with van der Waals surface area (Å²) in [5.74, 6) is -0.353. The lowest BCUT2D eigenvalue weighted by atomic mass is 10.0. The molecule has 7 heteroatoms. The van der Waals surface area contributed by atoms with Crippen LogP contribution in [-0.2, 0) is 11.3 Å². The summed E-state index contributed by atoms with van der Waals surface area (Å²) in [5, 5.41) is 12.6. The van der Waals surface area contributed by atoms with Gasteiger partial charge >= 0.3 is 5.97 Å². The van der Waals surface area contributed by atoms with Crippen LogP contribution in [-0.4, -0.2) is 45.1 Å². The molecule has 0 atom stereocenters. The molecule has 0 aromatic carbocycles. The Balaban J connectivity index is 1.52. The third-order valence-electron chi connectivity index (χ3n) is 4.36. The molecule has 0 amide bonds. The minimum atomic E-state index is -0.998. The summed E-state index contributed by atoms with van der Waals surface area (Å²) in [6, 6.07) is 6.15. The lowest BCUT2D eigenvalue weighted by molar-refractivity contribution is -0.131. The van der Waals surface area contributed by atoms with Crippen molar-refractivity contribution in [2.75, 3.05) is 18.4 Å². The number of aliphatic carboxylic acids is 1. The second-order valence-corrected chi connectivity index (χ2v) is 6.73. The predicted octanol–water partition coefficient (Wildman–Crippen LogP) is 3.30. The highest BCUT2D eigenvalue weighted by molar-refractivity contribution is 6.33. The third kappa shape index (κ3) is 5.28. The summed E-state index contributed by atoms with van der Waals surface area (Å²) in [4.78, 5) is 21.4. The van der Waals surface area contributed by atoms with Gasteiger partial charge in [-0.05, 0) is 48.2 Å². The number of hydrogen-bond acceptors (Lipinski definition) is 5. The molecule has 0 unspecified atom stereocenters. The number of halogens is 1. The Labute approximate surface area is 157 Å². The zero-order chi connectivity index (χ0) is 18.4. The van der Waals surface area contributed by atoms with Crippen molar-refractivity contribution in [3.05, 3.63) is 59.0 Å². The van der Waals surface area contributed by atoms with Crippen LogP contribution < -0.4 is 5.32 Å². The largest absolute Gasteiger partial charge is 0.478 e. The smallest absolute Gasteiger partial charge is 0.328 e. The molecule has 136 valence electrons. The summed E-state index contributed by atoms with van der Waals surface area (Å²) >= 11 is 6.28. The van der Waals surface area contributed by atoms with Crippen LogP contribution in [0.25, 0.3) is 6.08 Å². The van der Waals surface area contributed by atoms with Gasteiger partial charge in [0.25, 0.3) is 0 Å². The molecule has 3 rings (SSSR count). The summed E-state index contributed by atoms with van der Waals surface area (Å²) in [5.41, 5.74) is 1.94. The van der Waals surface area contributed by atoms with Crippen LogP contribution in [0, 0.1) is 0 Å². The van der Waals surface area contributed by atoms with E-state index in [9.17, 15) is 4.79 Å². The van der Waals surface area contributed by atoms with Gasteiger partial charge in [-0.1, -0.05) is 11.6 Å². The molecule has 1 aliphatic rings. The second kappa shape index (κ2) is 8.78. The third-order valence-corrected chi connectivity index (χ3v) is 4.65. The SMILES string of the molecule is O=C(O)C=Cc1cnc(NC2CCN(Cc3ccncc3)CC2)c(Cl)c1. The molecule has 1 aliphatic heterocycles. The van der Waals surface area contributed by atoms with E-state index in [-0.39, 0.29) is 0 Å². The second-order valence-electron chi connectivity index (χ2n) is 6.32. The molecule has 0 bridgehead atoms. The van der Waals surface area contributed by atoms with Gasteiger partial charge in [-0.2, -0.15) is 0 Å². The molecule has 0 aliphatic carbocycles. The summed E-state index contributed by atoms with van der Waals surface area (Å²) in [7, 11) is 0. The van der Waals surface area contributed by atoms with Crippen LogP contribution in [0.5, 0.6) is 0 Å². The molecular weight excluding hydrogens is 352 g/mol. The molecule has 0 saturated carbocycles. The number of pyridine rings is 2. The van der Waals surface area contributed by atoms with Crippen molar-refractivity contribution in [1.29, 1.82) is 0 Å². The van der Waals surface area contributed by atoms with E-state index in [0.29, 0.717) is 22.4 Å². The monoisotopic (exact) mass is 372 g/mol. The molecular formula is C19H21ClN4O2. The van der Waals surface area contributed by atoms with Gasteiger partial charge < -0.3 is 10.4 Å². The van der Waals surface area contributed by atoms with E-state index in [1.165, 1.54) is 11.6 Å². The number of anilines is 1. The summed E-state index contributed by atoms with van der Waals surface area (Å²) in [6.07, 6.45) is 9.85. The Hall–Kier alpha value is -2.44. The van der Waals surface area contributed by atoms with Crippen molar-refractivity contribution in [3.8, 4) is 0 Å². The van der Waals surface area contributed by atoms with E-state index in [1.54, 1.807) is 12.3 Å². The Kier molecular flexibility index (Phi) is 6.20. The van der Waals surface area contributed by atoms with Gasteiger partial charge in [0.1, 0.15) is 5.82 Å². The lowest BCUT2D eigenvalue weighted by Crippen LogP contribution is -2.38. The average molecular weight is 373 g/mol. The van der Waals surface area contributed by atoms with E-state index in [1.807, 2.05) is 24.5 Å². The van der Waals surface area contributed by atoms with Crippen LogP contribution in [0.2, 0.25) is 5.02 Å². The van der Waals surface area contributed by atoms with E-state index in [4.69, 9.17) is 16.7 Å². The quantitative estimate of drug-likeness (QED) is 0.757. The Morgan fingerprint density at radius 2 is 2.08 bits per heavy atom. The van der Waals surface area contributed by atoms with Crippen LogP contribution in [0.4, 0.5) is 5.82 Å². The van der Waals surface area contributed by atoms with Crippen molar-refractivity contribution in [1.82, 2.24) is 14.9 Å². The fourth-order valence-corrected chi connectivity index (χ4v) is 3.22. The normalized spacial score (nSPS) is 16.0. The minimum Gasteiger partial charge on any atom is -0.478 e. The Bertz CT molecular complexity index is 774. The fourth-order valence-electron chi connectivity index (χ4n) is 2.99. The first kappa shape index (κ1) is 18.4. The fraction of sp³-hybridized carbons (Fsp3) is 0.316. The zero-order valence-electron chi connectivity index (χ0n) is 14.3. The number of carbonyl (C=O) groups is 1. The van der Waals surface area contributed by atoms with Crippen molar-refractivity contribution in [3.63, 3.8) is 0 Å². The number of carboxylic acid groups (broad SMARTS) is 1. The highest BCUT2D eigenvalue weighted by Gasteiger charge is 2.20. The zero-order valence-corrected chi connectivity index (χ0v) is 15.1. The molecule has 0 radical (unpaired) electrons. The van der Waals surface area contributed by atoms with Gasteiger partial charge in [0.05, 0.1) is 5.02 Å². The maximum Gasteiger partial charge on any atom is 0.328 e. The van der Waals surface area contributed by atoms with E-state index >= 15 is 0 Å². The number of piperidine rings is 1. The number of nitrogens with zero attached hydrogens (tertiary/aromatic N) is 3. The summed E-state index contributed by atoms with van der Waals surface area (Å²) < 4.78 is 0. The topological polar surface area (TPSA) is 78.3 Å². The van der Waals surface area contributed by atoms with E-state index in [2.05, 4.69) is 20.2 Å². The molecule has 26 heavy (non-hydrogen) atoms. The van der Waals surface area contributed by atoms with Gasteiger partial charge in [-0.3, -0.25) is 9.88 Å². The maximum absolute atomic E-state index is 10.6. The van der Waals surface area contributed by atoms with E-state index in [0.717, 1.165) is 38.6 Å².